The van der Waals surface area contributed by atoms with Crippen LogP contribution in [0, 0.1) is 0 Å². The van der Waals surface area contributed by atoms with Gasteiger partial charge in [-0.2, -0.15) is 0 Å². The summed E-state index contributed by atoms with van der Waals surface area (Å²) in [6, 6.07) is 9.04. The van der Waals surface area contributed by atoms with E-state index in [1.807, 2.05) is 11.8 Å². The van der Waals surface area contributed by atoms with Gasteiger partial charge in [-0.1, -0.05) is 18.2 Å². The Balaban J connectivity index is 1.82. The number of benzene rings is 1. The maximum atomic E-state index is 8.60. The Morgan fingerprint density at radius 2 is 2.24 bits per heavy atom. The summed E-state index contributed by atoms with van der Waals surface area (Å²) < 4.78 is 5.24. The Labute approximate surface area is 107 Å². The summed E-state index contributed by atoms with van der Waals surface area (Å²) in [5.41, 5.74) is 1.41. The topological polar surface area (TPSA) is 41.5 Å². The lowest BCUT2D eigenvalue weighted by molar-refractivity contribution is 0.0924. The molecular weight excluding hydrogens is 234 g/mol. The van der Waals surface area contributed by atoms with E-state index in [9.17, 15) is 0 Å². The molecule has 0 aliphatic carbocycles. The Hall–Kier alpha value is -0.550. The Morgan fingerprint density at radius 1 is 1.35 bits per heavy atom. The summed E-state index contributed by atoms with van der Waals surface area (Å²) in [5, 5.41) is 12.1. The standard InChI is InChI=1S/C13H19NO2S/c15-7-9-16-8-6-14-12-5-10-17-13-4-2-1-3-11(12)13/h1-4,12,14-15H,5-10H2. The van der Waals surface area contributed by atoms with Gasteiger partial charge in [0.15, 0.2) is 0 Å². The van der Waals surface area contributed by atoms with Crippen LogP contribution in [0.1, 0.15) is 18.0 Å². The van der Waals surface area contributed by atoms with Gasteiger partial charge in [-0.05, 0) is 23.8 Å². The number of thioether (sulfide) groups is 1. The van der Waals surface area contributed by atoms with Crippen molar-refractivity contribution in [2.45, 2.75) is 17.4 Å². The quantitative estimate of drug-likeness (QED) is 0.759. The molecule has 2 rings (SSSR count). The highest BCUT2D eigenvalue weighted by Gasteiger charge is 2.19. The SMILES string of the molecule is OCCOCCNC1CCSc2ccccc21. The summed E-state index contributed by atoms with van der Waals surface area (Å²) in [6.45, 7) is 2.03. The van der Waals surface area contributed by atoms with Crippen molar-refractivity contribution >= 4 is 11.8 Å². The molecule has 0 fully saturated rings. The summed E-state index contributed by atoms with van der Waals surface area (Å²) in [5.74, 6) is 1.17. The zero-order valence-corrected chi connectivity index (χ0v) is 10.7. The third kappa shape index (κ3) is 3.71. The maximum Gasteiger partial charge on any atom is 0.0698 e. The molecule has 0 aromatic heterocycles. The van der Waals surface area contributed by atoms with Gasteiger partial charge in [-0.25, -0.2) is 0 Å². The Morgan fingerprint density at radius 3 is 3.12 bits per heavy atom. The van der Waals surface area contributed by atoms with E-state index in [1.165, 1.54) is 22.6 Å². The van der Waals surface area contributed by atoms with Crippen molar-refractivity contribution in [1.29, 1.82) is 0 Å². The van der Waals surface area contributed by atoms with E-state index in [0.29, 0.717) is 19.3 Å². The van der Waals surface area contributed by atoms with E-state index in [2.05, 4.69) is 29.6 Å². The summed E-state index contributed by atoms with van der Waals surface area (Å²) in [7, 11) is 0. The molecule has 0 spiro atoms. The zero-order valence-electron chi connectivity index (χ0n) is 9.89. The molecule has 17 heavy (non-hydrogen) atoms. The molecular formula is C13H19NO2S. The van der Waals surface area contributed by atoms with Gasteiger partial charge in [-0.3, -0.25) is 0 Å². The van der Waals surface area contributed by atoms with Crippen LogP contribution in [0.15, 0.2) is 29.2 Å². The van der Waals surface area contributed by atoms with Crippen LogP contribution in [0.2, 0.25) is 0 Å². The minimum absolute atomic E-state index is 0.100. The first-order chi connectivity index (χ1) is 8.42. The zero-order chi connectivity index (χ0) is 11.9. The molecule has 1 atom stereocenters. The highest BCUT2D eigenvalue weighted by Crippen LogP contribution is 2.35. The molecule has 4 heteroatoms. The molecule has 3 nitrogen and oxygen atoms in total. The van der Waals surface area contributed by atoms with Crippen LogP contribution in [-0.4, -0.2) is 37.2 Å². The average molecular weight is 253 g/mol. The molecule has 1 aliphatic rings. The third-order valence-electron chi connectivity index (χ3n) is 2.83. The van der Waals surface area contributed by atoms with Crippen LogP contribution in [0.4, 0.5) is 0 Å². The normalized spacial score (nSPS) is 19.0. The number of aliphatic hydroxyl groups excluding tert-OH is 1. The van der Waals surface area contributed by atoms with Crippen LogP contribution in [0.5, 0.6) is 0 Å². The summed E-state index contributed by atoms with van der Waals surface area (Å²) >= 11 is 1.94. The van der Waals surface area contributed by atoms with Gasteiger partial charge in [0.1, 0.15) is 0 Å². The molecule has 1 aliphatic heterocycles. The molecule has 0 saturated carbocycles. The van der Waals surface area contributed by atoms with Crippen molar-refractivity contribution < 1.29 is 9.84 Å². The summed E-state index contributed by atoms with van der Waals surface area (Å²) in [4.78, 5) is 1.40. The van der Waals surface area contributed by atoms with Gasteiger partial charge in [0.2, 0.25) is 0 Å². The van der Waals surface area contributed by atoms with Crippen LogP contribution in [-0.2, 0) is 4.74 Å². The summed E-state index contributed by atoms with van der Waals surface area (Å²) in [6.07, 6.45) is 1.17. The molecule has 94 valence electrons. The lowest BCUT2D eigenvalue weighted by Gasteiger charge is -2.25. The number of hydrogen-bond acceptors (Lipinski definition) is 4. The molecule has 1 unspecified atom stereocenters. The molecule has 1 heterocycles. The van der Waals surface area contributed by atoms with Crippen molar-refractivity contribution in [2.24, 2.45) is 0 Å². The predicted molar refractivity (Wildman–Crippen MR) is 70.4 cm³/mol. The van der Waals surface area contributed by atoms with E-state index in [0.717, 1.165) is 6.54 Å². The van der Waals surface area contributed by atoms with Crippen molar-refractivity contribution in [3.05, 3.63) is 29.8 Å². The van der Waals surface area contributed by atoms with Crippen molar-refractivity contribution in [3.63, 3.8) is 0 Å². The fourth-order valence-corrected chi connectivity index (χ4v) is 3.15. The fraction of sp³-hybridized carbons (Fsp3) is 0.538. The smallest absolute Gasteiger partial charge is 0.0698 e. The molecule has 2 N–H and O–H groups in total. The minimum Gasteiger partial charge on any atom is -0.394 e. The van der Waals surface area contributed by atoms with Gasteiger partial charge in [-0.15, -0.1) is 11.8 Å². The van der Waals surface area contributed by atoms with Crippen molar-refractivity contribution in [2.75, 3.05) is 32.1 Å². The van der Waals surface area contributed by atoms with E-state index < -0.39 is 0 Å². The van der Waals surface area contributed by atoms with Crippen molar-refractivity contribution in [1.82, 2.24) is 5.32 Å². The van der Waals surface area contributed by atoms with Gasteiger partial charge >= 0.3 is 0 Å². The highest BCUT2D eigenvalue weighted by atomic mass is 32.2. The third-order valence-corrected chi connectivity index (χ3v) is 3.95. The number of ether oxygens (including phenoxy) is 1. The second-order valence-electron chi connectivity index (χ2n) is 4.02. The number of nitrogens with one attached hydrogen (secondary N) is 1. The molecule has 0 amide bonds. The van der Waals surface area contributed by atoms with Crippen LogP contribution in [0.3, 0.4) is 0 Å². The minimum atomic E-state index is 0.100. The fourth-order valence-electron chi connectivity index (χ4n) is 2.03. The van der Waals surface area contributed by atoms with Gasteiger partial charge in [0.05, 0.1) is 19.8 Å². The largest absolute Gasteiger partial charge is 0.394 e. The molecule has 1 aromatic rings. The van der Waals surface area contributed by atoms with E-state index >= 15 is 0 Å². The lowest BCUT2D eigenvalue weighted by Crippen LogP contribution is -2.28. The predicted octanol–water partition coefficient (Wildman–Crippen LogP) is 1.82. The van der Waals surface area contributed by atoms with Gasteiger partial charge in [0, 0.05) is 17.5 Å². The first-order valence-corrected chi connectivity index (χ1v) is 7.04. The van der Waals surface area contributed by atoms with Gasteiger partial charge in [0.25, 0.3) is 0 Å². The first-order valence-electron chi connectivity index (χ1n) is 6.05. The first kappa shape index (κ1) is 12.9. The van der Waals surface area contributed by atoms with E-state index in [1.54, 1.807) is 0 Å². The van der Waals surface area contributed by atoms with Crippen molar-refractivity contribution in [3.8, 4) is 0 Å². The molecule has 0 saturated heterocycles. The van der Waals surface area contributed by atoms with E-state index in [-0.39, 0.29) is 6.61 Å². The van der Waals surface area contributed by atoms with Crippen LogP contribution >= 0.6 is 11.8 Å². The lowest BCUT2D eigenvalue weighted by atomic mass is 10.0. The maximum absolute atomic E-state index is 8.60. The van der Waals surface area contributed by atoms with Crippen LogP contribution < -0.4 is 5.32 Å². The Bertz CT molecular complexity index is 346. The monoisotopic (exact) mass is 253 g/mol. The molecule has 1 aromatic carbocycles. The number of rotatable bonds is 6. The molecule has 0 bridgehead atoms. The second kappa shape index (κ2) is 7.01. The highest BCUT2D eigenvalue weighted by molar-refractivity contribution is 7.99. The van der Waals surface area contributed by atoms with Crippen LogP contribution in [0.25, 0.3) is 0 Å². The number of fused-ring (bicyclic) bond motifs is 1. The van der Waals surface area contributed by atoms with Gasteiger partial charge < -0.3 is 15.2 Å². The average Bonchev–Trinajstić information content (AvgIpc) is 2.39. The Kier molecular flexibility index (Phi) is 5.32. The molecule has 0 radical (unpaired) electrons. The van der Waals surface area contributed by atoms with E-state index in [4.69, 9.17) is 9.84 Å². The number of aliphatic hydroxyl groups is 1. The second-order valence-corrected chi connectivity index (χ2v) is 5.15. The number of hydrogen-bond donors (Lipinski definition) is 2.